The molecule has 0 aromatic heterocycles. The first kappa shape index (κ1) is 15.8. The number of ether oxygens (including phenoxy) is 1. The van der Waals surface area contributed by atoms with Gasteiger partial charge in [-0.25, -0.2) is 0 Å². The maximum Gasteiger partial charge on any atom is 0.0480 e. The summed E-state index contributed by atoms with van der Waals surface area (Å²) in [6.07, 6.45) is 4.45. The zero-order chi connectivity index (χ0) is 15.2. The molecule has 2 N–H and O–H groups in total. The Hall–Kier alpha value is -1.10. The second-order valence-corrected chi connectivity index (χ2v) is 6.55. The van der Waals surface area contributed by atoms with Gasteiger partial charge in [-0.2, -0.15) is 0 Å². The highest BCUT2D eigenvalue weighted by Gasteiger charge is 2.18. The number of aliphatic hydroxyl groups is 1. The van der Waals surface area contributed by atoms with Gasteiger partial charge >= 0.3 is 0 Å². The van der Waals surface area contributed by atoms with Crippen molar-refractivity contribution in [2.75, 3.05) is 37.8 Å². The highest BCUT2D eigenvalue weighted by atomic mass is 16.5. The average molecular weight is 304 g/mol. The summed E-state index contributed by atoms with van der Waals surface area (Å²) < 4.78 is 5.39. The van der Waals surface area contributed by atoms with E-state index in [0.717, 1.165) is 58.5 Å². The second kappa shape index (κ2) is 7.95. The van der Waals surface area contributed by atoms with E-state index in [-0.39, 0.29) is 0 Å². The number of aliphatic hydroxyl groups excluding tert-OH is 1. The topological polar surface area (TPSA) is 44.7 Å². The van der Waals surface area contributed by atoms with Gasteiger partial charge in [0.1, 0.15) is 0 Å². The van der Waals surface area contributed by atoms with Crippen LogP contribution in [0.3, 0.4) is 0 Å². The van der Waals surface area contributed by atoms with Crippen molar-refractivity contribution in [3.8, 4) is 0 Å². The molecule has 0 amide bonds. The molecule has 3 rings (SSSR count). The maximum absolute atomic E-state index is 9.22. The van der Waals surface area contributed by atoms with Crippen molar-refractivity contribution in [3.63, 3.8) is 0 Å². The molecule has 0 atom stereocenters. The van der Waals surface area contributed by atoms with Crippen LogP contribution in [0.15, 0.2) is 24.3 Å². The highest BCUT2D eigenvalue weighted by molar-refractivity contribution is 5.48. The van der Waals surface area contributed by atoms with E-state index < -0.39 is 0 Å². The number of hydrogen-bond acceptors (Lipinski definition) is 4. The van der Waals surface area contributed by atoms with Gasteiger partial charge in [0.2, 0.25) is 0 Å². The maximum atomic E-state index is 9.22. The quantitative estimate of drug-likeness (QED) is 0.875. The van der Waals surface area contributed by atoms with E-state index in [4.69, 9.17) is 4.74 Å². The van der Waals surface area contributed by atoms with Crippen molar-refractivity contribution in [2.24, 2.45) is 5.92 Å². The normalized spacial score (nSPS) is 21.2. The van der Waals surface area contributed by atoms with Crippen molar-refractivity contribution in [1.82, 2.24) is 5.32 Å². The standard InChI is InChI=1S/C18H28N2O2/c21-14-16-5-9-20(10-6-16)18-3-1-15(2-4-18)13-19-17-7-11-22-12-8-17/h1-4,16-17,19,21H,5-14H2. The molecule has 4 heteroatoms. The lowest BCUT2D eigenvalue weighted by molar-refractivity contribution is 0.0776. The minimum atomic E-state index is 0.338. The summed E-state index contributed by atoms with van der Waals surface area (Å²) in [7, 11) is 0. The van der Waals surface area contributed by atoms with Crippen LogP contribution in [-0.4, -0.2) is 44.1 Å². The number of nitrogens with zero attached hydrogens (tertiary/aromatic N) is 1. The molecule has 122 valence electrons. The lowest BCUT2D eigenvalue weighted by Gasteiger charge is -2.33. The molecular formula is C18H28N2O2. The molecule has 2 heterocycles. The van der Waals surface area contributed by atoms with Crippen LogP contribution in [0.25, 0.3) is 0 Å². The Bertz CT molecular complexity index is 435. The predicted molar refractivity (Wildman–Crippen MR) is 89.1 cm³/mol. The van der Waals surface area contributed by atoms with Crippen molar-refractivity contribution in [1.29, 1.82) is 0 Å². The van der Waals surface area contributed by atoms with E-state index in [1.807, 2.05) is 0 Å². The van der Waals surface area contributed by atoms with Crippen LogP contribution in [0.5, 0.6) is 0 Å². The first-order chi connectivity index (χ1) is 10.8. The molecule has 1 aromatic rings. The molecule has 1 aromatic carbocycles. The molecule has 4 nitrogen and oxygen atoms in total. The number of hydrogen-bond donors (Lipinski definition) is 2. The molecule has 0 spiro atoms. The van der Waals surface area contributed by atoms with Gasteiger partial charge in [0.25, 0.3) is 0 Å². The number of benzene rings is 1. The Morgan fingerprint density at radius 1 is 1.05 bits per heavy atom. The van der Waals surface area contributed by atoms with E-state index in [1.165, 1.54) is 11.3 Å². The number of piperidine rings is 1. The Balaban J connectivity index is 1.47. The van der Waals surface area contributed by atoms with Gasteiger partial charge in [-0.15, -0.1) is 0 Å². The van der Waals surface area contributed by atoms with Crippen molar-refractivity contribution in [2.45, 2.75) is 38.3 Å². The molecule has 0 aliphatic carbocycles. The van der Waals surface area contributed by atoms with Gasteiger partial charge in [0, 0.05) is 51.2 Å². The minimum Gasteiger partial charge on any atom is -0.396 e. The van der Waals surface area contributed by atoms with Gasteiger partial charge in [-0.1, -0.05) is 12.1 Å². The monoisotopic (exact) mass is 304 g/mol. The first-order valence-corrected chi connectivity index (χ1v) is 8.61. The van der Waals surface area contributed by atoms with Crippen molar-refractivity contribution >= 4 is 5.69 Å². The van der Waals surface area contributed by atoms with Crippen LogP contribution in [0, 0.1) is 5.92 Å². The van der Waals surface area contributed by atoms with Gasteiger partial charge in [-0.05, 0) is 49.3 Å². The van der Waals surface area contributed by atoms with E-state index in [1.54, 1.807) is 0 Å². The van der Waals surface area contributed by atoms with Crippen molar-refractivity contribution < 1.29 is 9.84 Å². The smallest absolute Gasteiger partial charge is 0.0480 e. The summed E-state index contributed by atoms with van der Waals surface area (Å²) >= 11 is 0. The van der Waals surface area contributed by atoms with Crippen LogP contribution in [0.4, 0.5) is 5.69 Å². The molecular weight excluding hydrogens is 276 g/mol. The fourth-order valence-corrected chi connectivity index (χ4v) is 3.36. The summed E-state index contributed by atoms with van der Waals surface area (Å²) in [6, 6.07) is 9.55. The van der Waals surface area contributed by atoms with Gasteiger partial charge in [0.05, 0.1) is 0 Å². The summed E-state index contributed by atoms with van der Waals surface area (Å²) in [6.45, 7) is 5.18. The van der Waals surface area contributed by atoms with Crippen LogP contribution in [-0.2, 0) is 11.3 Å². The van der Waals surface area contributed by atoms with Gasteiger partial charge < -0.3 is 20.1 Å². The van der Waals surface area contributed by atoms with Crippen LogP contribution >= 0.6 is 0 Å². The Labute approximate surface area is 133 Å². The molecule has 2 saturated heterocycles. The van der Waals surface area contributed by atoms with E-state index in [9.17, 15) is 5.11 Å². The Morgan fingerprint density at radius 3 is 2.36 bits per heavy atom. The Morgan fingerprint density at radius 2 is 1.73 bits per heavy atom. The summed E-state index contributed by atoms with van der Waals surface area (Å²) in [5.74, 6) is 0.499. The summed E-state index contributed by atoms with van der Waals surface area (Å²) in [5, 5.41) is 12.8. The molecule has 0 bridgehead atoms. The van der Waals surface area contributed by atoms with Crippen molar-refractivity contribution in [3.05, 3.63) is 29.8 Å². The van der Waals surface area contributed by atoms with E-state index in [2.05, 4.69) is 34.5 Å². The second-order valence-electron chi connectivity index (χ2n) is 6.55. The largest absolute Gasteiger partial charge is 0.396 e. The fraction of sp³-hybridized carbons (Fsp3) is 0.667. The van der Waals surface area contributed by atoms with Crippen LogP contribution < -0.4 is 10.2 Å². The Kier molecular flexibility index (Phi) is 5.70. The average Bonchev–Trinajstić information content (AvgIpc) is 2.61. The lowest BCUT2D eigenvalue weighted by atomic mass is 9.97. The molecule has 2 aliphatic heterocycles. The summed E-state index contributed by atoms with van der Waals surface area (Å²) in [5.41, 5.74) is 2.66. The molecule has 2 fully saturated rings. The molecule has 22 heavy (non-hydrogen) atoms. The minimum absolute atomic E-state index is 0.338. The predicted octanol–water partition coefficient (Wildman–Crippen LogP) is 2.16. The van der Waals surface area contributed by atoms with Gasteiger partial charge in [-0.3, -0.25) is 0 Å². The third-order valence-electron chi connectivity index (χ3n) is 4.99. The first-order valence-electron chi connectivity index (χ1n) is 8.61. The fourth-order valence-electron chi connectivity index (χ4n) is 3.36. The number of anilines is 1. The highest BCUT2D eigenvalue weighted by Crippen LogP contribution is 2.23. The van der Waals surface area contributed by atoms with E-state index >= 15 is 0 Å². The summed E-state index contributed by atoms with van der Waals surface area (Å²) in [4.78, 5) is 2.43. The van der Waals surface area contributed by atoms with E-state index in [0.29, 0.717) is 18.6 Å². The molecule has 0 saturated carbocycles. The zero-order valence-electron chi connectivity index (χ0n) is 13.3. The molecule has 2 aliphatic rings. The number of rotatable bonds is 5. The zero-order valence-corrected chi connectivity index (χ0v) is 13.3. The third-order valence-corrected chi connectivity index (χ3v) is 4.99. The number of nitrogens with one attached hydrogen (secondary N) is 1. The molecule has 0 radical (unpaired) electrons. The van der Waals surface area contributed by atoms with Gasteiger partial charge in [0.15, 0.2) is 0 Å². The molecule has 0 unspecified atom stereocenters. The van der Waals surface area contributed by atoms with Crippen LogP contribution in [0.2, 0.25) is 0 Å². The van der Waals surface area contributed by atoms with Crippen LogP contribution in [0.1, 0.15) is 31.2 Å². The third kappa shape index (κ3) is 4.22. The SMILES string of the molecule is OCC1CCN(c2ccc(CNC3CCOCC3)cc2)CC1. The lowest BCUT2D eigenvalue weighted by Crippen LogP contribution is -2.35.